The standard InChI is InChI=1S/C22H16OP.C20H18N.Ir/c23-24(20-11-3-1-4-12-20,21-13-5-2-6-14-21)22-16-15-18-9-7-8-10-19(18)17-22;1-14-10-11-19(21-13-14)17-8-5-9-18(12-17)20-15(2)6-4-7-16(20)3;/h1-15,17H;4-11,13H,1-3H3;/q2*-1;. The molecule has 0 N–H and O–H groups in total. The summed E-state index contributed by atoms with van der Waals surface area (Å²) in [5.41, 5.74) is 8.13. The van der Waals surface area contributed by atoms with E-state index in [0.717, 1.165) is 43.5 Å². The molecule has 0 fully saturated rings. The molecule has 4 heteroatoms. The van der Waals surface area contributed by atoms with Crippen LogP contribution in [-0.2, 0) is 24.7 Å². The van der Waals surface area contributed by atoms with E-state index in [1.165, 1.54) is 22.3 Å². The predicted octanol–water partition coefficient (Wildman–Crippen LogP) is 9.42. The van der Waals surface area contributed by atoms with Crippen LogP contribution in [0, 0.1) is 32.9 Å². The number of aryl methyl sites for hydroxylation is 3. The fourth-order valence-corrected chi connectivity index (χ4v) is 8.24. The average molecular weight is 792 g/mol. The van der Waals surface area contributed by atoms with Gasteiger partial charge in [-0.15, -0.1) is 46.7 Å². The monoisotopic (exact) mass is 792 g/mol. The molecule has 7 aromatic rings. The molecule has 0 aliphatic rings. The molecule has 0 aliphatic heterocycles. The van der Waals surface area contributed by atoms with Gasteiger partial charge in [-0.2, -0.15) is 18.2 Å². The van der Waals surface area contributed by atoms with E-state index in [1.807, 2.05) is 110 Å². The van der Waals surface area contributed by atoms with E-state index in [4.69, 9.17) is 0 Å². The van der Waals surface area contributed by atoms with Crippen LogP contribution in [0.15, 0.2) is 152 Å². The topological polar surface area (TPSA) is 30.0 Å². The summed E-state index contributed by atoms with van der Waals surface area (Å²) in [7, 11) is -2.94. The third-order valence-electron chi connectivity index (χ3n) is 7.98. The van der Waals surface area contributed by atoms with Gasteiger partial charge in [-0.3, -0.25) is 4.98 Å². The molecule has 6 aromatic carbocycles. The van der Waals surface area contributed by atoms with E-state index in [0.29, 0.717) is 0 Å². The van der Waals surface area contributed by atoms with Crippen molar-refractivity contribution in [2.45, 2.75) is 20.8 Å². The Morgan fingerprint density at radius 2 is 1.15 bits per heavy atom. The van der Waals surface area contributed by atoms with E-state index in [2.05, 4.69) is 79.5 Å². The van der Waals surface area contributed by atoms with Crippen molar-refractivity contribution in [3.8, 4) is 22.4 Å². The Morgan fingerprint density at radius 3 is 1.76 bits per heavy atom. The zero-order valence-electron chi connectivity index (χ0n) is 26.1. The fourth-order valence-electron chi connectivity index (χ4n) is 5.63. The van der Waals surface area contributed by atoms with Gasteiger partial charge in [0, 0.05) is 42.6 Å². The number of hydrogen-bond donors (Lipinski definition) is 0. The summed E-state index contributed by atoms with van der Waals surface area (Å²) in [5.74, 6) is 0. The quantitative estimate of drug-likeness (QED) is 0.129. The Morgan fingerprint density at radius 1 is 0.587 bits per heavy atom. The van der Waals surface area contributed by atoms with Crippen LogP contribution in [0.3, 0.4) is 0 Å². The molecule has 46 heavy (non-hydrogen) atoms. The molecule has 0 amide bonds. The van der Waals surface area contributed by atoms with Gasteiger partial charge in [0.2, 0.25) is 0 Å². The second kappa shape index (κ2) is 14.8. The molecule has 0 spiro atoms. The van der Waals surface area contributed by atoms with Crippen molar-refractivity contribution in [1.82, 2.24) is 4.98 Å². The first-order chi connectivity index (χ1) is 21.9. The van der Waals surface area contributed by atoms with Crippen molar-refractivity contribution in [3.63, 3.8) is 0 Å². The molecule has 2 nitrogen and oxygen atoms in total. The molecular weight excluding hydrogens is 758 g/mol. The second-order valence-electron chi connectivity index (χ2n) is 11.2. The zero-order valence-corrected chi connectivity index (χ0v) is 29.4. The summed E-state index contributed by atoms with van der Waals surface area (Å²) in [5, 5.41) is 4.61. The van der Waals surface area contributed by atoms with Gasteiger partial charge < -0.3 is 4.57 Å². The number of rotatable bonds is 5. The minimum absolute atomic E-state index is 0. The van der Waals surface area contributed by atoms with Crippen LogP contribution >= 0.6 is 7.14 Å². The fraction of sp³-hybridized carbons (Fsp3) is 0.0714. The van der Waals surface area contributed by atoms with Gasteiger partial charge >= 0.3 is 0 Å². The molecule has 1 heterocycles. The third kappa shape index (κ3) is 7.04. The number of pyridine rings is 1. The predicted molar refractivity (Wildman–Crippen MR) is 190 cm³/mol. The van der Waals surface area contributed by atoms with Crippen molar-refractivity contribution in [2.24, 2.45) is 0 Å². The minimum atomic E-state index is -2.94. The van der Waals surface area contributed by atoms with E-state index in [1.54, 1.807) is 0 Å². The normalized spacial score (nSPS) is 10.8. The molecule has 1 aromatic heterocycles. The van der Waals surface area contributed by atoms with Gasteiger partial charge in [0.05, 0.1) is 0 Å². The molecule has 0 bridgehead atoms. The Kier molecular flexibility index (Phi) is 10.6. The number of fused-ring (bicyclic) bond motifs is 1. The van der Waals surface area contributed by atoms with Crippen molar-refractivity contribution in [1.29, 1.82) is 0 Å². The van der Waals surface area contributed by atoms with Gasteiger partial charge in [-0.05, 0) is 26.3 Å². The van der Waals surface area contributed by atoms with Crippen molar-refractivity contribution in [2.75, 3.05) is 0 Å². The average Bonchev–Trinajstić information content (AvgIpc) is 3.09. The molecule has 229 valence electrons. The van der Waals surface area contributed by atoms with E-state index in [-0.39, 0.29) is 20.1 Å². The first-order valence-corrected chi connectivity index (χ1v) is 16.8. The summed E-state index contributed by atoms with van der Waals surface area (Å²) in [4.78, 5) is 4.50. The third-order valence-corrected chi connectivity index (χ3v) is 11.0. The van der Waals surface area contributed by atoms with Gasteiger partial charge in [0.1, 0.15) is 7.14 Å². The number of nitrogens with zero attached hydrogens (tertiary/aromatic N) is 1. The first-order valence-electron chi connectivity index (χ1n) is 15.1. The minimum Gasteiger partial charge on any atom is -0.311 e. The van der Waals surface area contributed by atoms with Gasteiger partial charge in [-0.1, -0.05) is 137 Å². The largest absolute Gasteiger partial charge is 0.311 e. The summed E-state index contributed by atoms with van der Waals surface area (Å²) in [6, 6.07) is 55.0. The van der Waals surface area contributed by atoms with Crippen LogP contribution in [0.25, 0.3) is 33.2 Å². The molecule has 0 unspecified atom stereocenters. The van der Waals surface area contributed by atoms with Crippen LogP contribution in [0.1, 0.15) is 16.7 Å². The summed E-state index contributed by atoms with van der Waals surface area (Å²) >= 11 is 0. The van der Waals surface area contributed by atoms with E-state index < -0.39 is 7.14 Å². The number of aromatic nitrogens is 1. The summed E-state index contributed by atoms with van der Waals surface area (Å²) < 4.78 is 14.2. The summed E-state index contributed by atoms with van der Waals surface area (Å²) in [6.45, 7) is 6.34. The molecule has 0 aliphatic carbocycles. The van der Waals surface area contributed by atoms with Crippen molar-refractivity contribution >= 4 is 33.8 Å². The Balaban J connectivity index is 0.000000179. The van der Waals surface area contributed by atoms with Crippen LogP contribution in [0.2, 0.25) is 0 Å². The van der Waals surface area contributed by atoms with Gasteiger partial charge in [0.25, 0.3) is 0 Å². The SMILES string of the molecule is Cc1ccc(-c2[c-]c(-c3c(C)cccc3C)ccc2)nc1.O=P(c1[c-]cc2ccccc2c1)(c1ccccc1)c1ccccc1.[Ir]. The summed E-state index contributed by atoms with van der Waals surface area (Å²) in [6.07, 6.45) is 1.90. The molecule has 0 saturated carbocycles. The van der Waals surface area contributed by atoms with Crippen molar-refractivity contribution < 1.29 is 24.7 Å². The van der Waals surface area contributed by atoms with E-state index in [9.17, 15) is 4.57 Å². The Bertz CT molecular complexity index is 2050. The Hall–Kier alpha value is -4.39. The van der Waals surface area contributed by atoms with E-state index >= 15 is 0 Å². The number of benzene rings is 6. The van der Waals surface area contributed by atoms with Crippen LogP contribution in [-0.4, -0.2) is 4.98 Å². The maximum atomic E-state index is 14.2. The molecule has 7 rings (SSSR count). The van der Waals surface area contributed by atoms with Crippen molar-refractivity contribution in [3.05, 3.63) is 181 Å². The van der Waals surface area contributed by atoms with Gasteiger partial charge in [0.15, 0.2) is 0 Å². The first kappa shape index (κ1) is 33.0. The molecule has 1 radical (unpaired) electrons. The molecular formula is C42H34IrNOP-2. The van der Waals surface area contributed by atoms with Crippen LogP contribution in [0.5, 0.6) is 0 Å². The second-order valence-corrected chi connectivity index (χ2v) is 13.9. The van der Waals surface area contributed by atoms with Gasteiger partial charge in [-0.25, -0.2) is 0 Å². The maximum Gasteiger partial charge on any atom is 0.147 e. The number of hydrogen-bond acceptors (Lipinski definition) is 2. The Labute approximate surface area is 285 Å². The van der Waals surface area contributed by atoms with Crippen LogP contribution in [0.4, 0.5) is 0 Å². The maximum absolute atomic E-state index is 14.2. The molecule has 0 saturated heterocycles. The smallest absolute Gasteiger partial charge is 0.147 e. The molecule has 0 atom stereocenters. The van der Waals surface area contributed by atoms with Crippen LogP contribution < -0.4 is 15.9 Å². The zero-order chi connectivity index (χ0) is 31.2.